The number of rotatable bonds is 4. The van der Waals surface area contributed by atoms with E-state index >= 15 is 0 Å². The molecule has 0 amide bonds. The van der Waals surface area contributed by atoms with Crippen molar-refractivity contribution < 1.29 is 36.2 Å². The molecule has 1 aliphatic heterocycles. The Morgan fingerprint density at radius 2 is 1.79 bits per heavy atom. The van der Waals surface area contributed by atoms with Gasteiger partial charge in [-0.25, -0.2) is 13.2 Å². The second kappa shape index (κ2) is 5.25. The molecule has 0 aromatic heterocycles. The Morgan fingerprint density at radius 1 is 1.32 bits per heavy atom. The number of sulfonamides is 1. The number of carboxylic acids is 1. The number of ether oxygens (including phenoxy) is 1. The van der Waals surface area contributed by atoms with Crippen LogP contribution in [0.4, 0.5) is 13.2 Å². The molecule has 0 aromatic carbocycles. The fourth-order valence-corrected chi connectivity index (χ4v) is 3.33. The van der Waals surface area contributed by atoms with E-state index in [-0.39, 0.29) is 33.0 Å². The molecule has 0 saturated carbocycles. The summed E-state index contributed by atoms with van der Waals surface area (Å²) >= 11 is 0. The lowest BCUT2D eigenvalue weighted by Crippen LogP contribution is -2.63. The second-order valence-corrected chi connectivity index (χ2v) is 6.35. The van der Waals surface area contributed by atoms with Gasteiger partial charge in [-0.05, 0) is 19.8 Å². The summed E-state index contributed by atoms with van der Waals surface area (Å²) in [7, 11) is -4.40. The Morgan fingerprint density at radius 3 is 2.16 bits per heavy atom. The predicted molar refractivity (Wildman–Crippen MR) is 58.0 cm³/mol. The first-order valence-corrected chi connectivity index (χ1v) is 6.96. The Kier molecular flexibility index (Phi) is 4.47. The highest BCUT2D eigenvalue weighted by Gasteiger charge is 2.60. The van der Waals surface area contributed by atoms with Gasteiger partial charge >= 0.3 is 12.1 Å². The van der Waals surface area contributed by atoms with Crippen LogP contribution in [0, 0.1) is 0 Å². The fraction of sp³-hybridized carbons (Fsp3) is 0.889. The summed E-state index contributed by atoms with van der Waals surface area (Å²) < 4.78 is 68.0. The van der Waals surface area contributed by atoms with Crippen LogP contribution in [0.2, 0.25) is 0 Å². The van der Waals surface area contributed by atoms with Gasteiger partial charge < -0.3 is 9.84 Å². The number of alkyl halides is 3. The number of hydrogen-bond donors (Lipinski definition) is 2. The molecule has 1 unspecified atom stereocenters. The van der Waals surface area contributed by atoms with Crippen LogP contribution in [0.15, 0.2) is 0 Å². The average Bonchev–Trinajstić information content (AvgIpc) is 2.28. The summed E-state index contributed by atoms with van der Waals surface area (Å²) in [6.07, 6.45) is -5.18. The van der Waals surface area contributed by atoms with Gasteiger partial charge in [0.25, 0.3) is 0 Å². The minimum absolute atomic E-state index is 0.0306. The minimum atomic E-state index is -5.24. The van der Waals surface area contributed by atoms with Crippen molar-refractivity contribution in [1.82, 2.24) is 4.72 Å². The van der Waals surface area contributed by atoms with Crippen LogP contribution in [0.3, 0.4) is 0 Å². The molecule has 0 spiro atoms. The van der Waals surface area contributed by atoms with Crippen molar-refractivity contribution in [2.24, 2.45) is 0 Å². The summed E-state index contributed by atoms with van der Waals surface area (Å²) in [6, 6.07) is 0. The molecule has 2 N–H and O–H groups in total. The number of carbonyl (C=O) groups is 1. The summed E-state index contributed by atoms with van der Waals surface area (Å²) in [5, 5.41) is 7.58. The normalized spacial score (nSPS) is 21.9. The molecule has 1 atom stereocenters. The third kappa shape index (κ3) is 3.37. The van der Waals surface area contributed by atoms with E-state index in [0.717, 1.165) is 0 Å². The van der Waals surface area contributed by atoms with Crippen molar-refractivity contribution in [3.05, 3.63) is 0 Å². The highest BCUT2D eigenvalue weighted by atomic mass is 32.2. The lowest BCUT2D eigenvalue weighted by atomic mass is 10.0. The number of halogens is 3. The van der Waals surface area contributed by atoms with E-state index in [1.807, 2.05) is 0 Å². The van der Waals surface area contributed by atoms with Crippen molar-refractivity contribution in [1.29, 1.82) is 0 Å². The number of carboxylic acid groups (broad SMARTS) is 1. The molecule has 0 aliphatic carbocycles. The van der Waals surface area contributed by atoms with Gasteiger partial charge in [-0.2, -0.15) is 17.9 Å². The van der Waals surface area contributed by atoms with Crippen LogP contribution in [0.25, 0.3) is 0 Å². The molecule has 6 nitrogen and oxygen atoms in total. The lowest BCUT2D eigenvalue weighted by molar-refractivity contribution is -0.201. The number of aliphatic carboxylic acids is 1. The summed E-state index contributed by atoms with van der Waals surface area (Å²) in [5.74, 6) is -2.30. The van der Waals surface area contributed by atoms with Gasteiger partial charge in [0.2, 0.25) is 15.6 Å². The molecule has 1 fully saturated rings. The van der Waals surface area contributed by atoms with E-state index in [4.69, 9.17) is 9.84 Å². The maximum Gasteiger partial charge on any atom is 0.418 e. The van der Waals surface area contributed by atoms with Crippen LogP contribution in [0.5, 0.6) is 0 Å². The molecule has 1 aliphatic rings. The Labute approximate surface area is 108 Å². The Hall–Kier alpha value is -0.870. The van der Waals surface area contributed by atoms with Crippen molar-refractivity contribution in [2.45, 2.75) is 36.7 Å². The van der Waals surface area contributed by atoms with Crippen LogP contribution < -0.4 is 4.72 Å². The van der Waals surface area contributed by atoms with E-state index < -0.39 is 33.0 Å². The molecule has 19 heavy (non-hydrogen) atoms. The molecule has 1 saturated heterocycles. The van der Waals surface area contributed by atoms with E-state index in [1.165, 1.54) is 4.72 Å². The zero-order chi connectivity index (χ0) is 14.9. The van der Waals surface area contributed by atoms with Crippen molar-refractivity contribution in [3.8, 4) is 0 Å². The van der Waals surface area contributed by atoms with Gasteiger partial charge in [-0.15, -0.1) is 0 Å². The average molecular weight is 305 g/mol. The smallest absolute Gasteiger partial charge is 0.418 e. The Balaban J connectivity index is 2.99. The molecule has 10 heteroatoms. The van der Waals surface area contributed by atoms with Crippen molar-refractivity contribution >= 4 is 16.0 Å². The van der Waals surface area contributed by atoms with Crippen LogP contribution in [0.1, 0.15) is 19.8 Å². The van der Waals surface area contributed by atoms with Crippen molar-refractivity contribution in [2.75, 3.05) is 13.2 Å². The maximum atomic E-state index is 12.7. The van der Waals surface area contributed by atoms with E-state index in [0.29, 0.717) is 0 Å². The highest BCUT2D eigenvalue weighted by molar-refractivity contribution is 7.90. The zero-order valence-corrected chi connectivity index (χ0v) is 10.8. The van der Waals surface area contributed by atoms with Crippen LogP contribution in [-0.4, -0.2) is 49.7 Å². The lowest BCUT2D eigenvalue weighted by Gasteiger charge is -2.31. The highest BCUT2D eigenvalue weighted by Crippen LogP contribution is 2.32. The molecular weight excluding hydrogens is 291 g/mol. The summed E-state index contributed by atoms with van der Waals surface area (Å²) in [4.78, 5) is 10.8. The summed E-state index contributed by atoms with van der Waals surface area (Å²) in [6.45, 7) is 0.509. The molecule has 0 radical (unpaired) electrons. The third-order valence-electron chi connectivity index (χ3n) is 2.95. The van der Waals surface area contributed by atoms with Gasteiger partial charge in [0.15, 0.2) is 0 Å². The standard InChI is InChI=1S/C9H14F3NO5S/c1-8(7(14)15,9(10,11)12)13-19(16,17)6-2-4-18-5-3-6/h6,13H,2-5H2,1H3,(H,14,15). The van der Waals surface area contributed by atoms with Gasteiger partial charge in [0.05, 0.1) is 5.25 Å². The maximum absolute atomic E-state index is 12.7. The van der Waals surface area contributed by atoms with Crippen LogP contribution in [-0.2, 0) is 19.6 Å². The third-order valence-corrected chi connectivity index (χ3v) is 4.99. The minimum Gasteiger partial charge on any atom is -0.480 e. The molecular formula is C9H14F3NO5S. The topological polar surface area (TPSA) is 92.7 Å². The van der Waals surface area contributed by atoms with E-state index in [2.05, 4.69) is 0 Å². The quantitative estimate of drug-likeness (QED) is 0.788. The van der Waals surface area contributed by atoms with Crippen LogP contribution >= 0.6 is 0 Å². The monoisotopic (exact) mass is 305 g/mol. The largest absolute Gasteiger partial charge is 0.480 e. The SMILES string of the molecule is CC(NS(=O)(=O)C1CCOCC1)(C(=O)O)C(F)(F)F. The molecule has 112 valence electrons. The van der Waals surface area contributed by atoms with E-state index in [1.54, 1.807) is 0 Å². The molecule has 0 bridgehead atoms. The van der Waals surface area contributed by atoms with Gasteiger partial charge in [0, 0.05) is 13.2 Å². The predicted octanol–water partition coefficient (Wildman–Crippen LogP) is 0.490. The second-order valence-electron chi connectivity index (χ2n) is 4.39. The summed E-state index contributed by atoms with van der Waals surface area (Å²) in [5.41, 5.74) is -3.54. The molecule has 1 rings (SSSR count). The first-order valence-electron chi connectivity index (χ1n) is 5.41. The first kappa shape index (κ1) is 16.2. The zero-order valence-electron chi connectivity index (χ0n) is 10.0. The molecule has 1 heterocycles. The van der Waals surface area contributed by atoms with E-state index in [9.17, 15) is 26.4 Å². The van der Waals surface area contributed by atoms with Crippen molar-refractivity contribution in [3.63, 3.8) is 0 Å². The van der Waals surface area contributed by atoms with Gasteiger partial charge in [0.1, 0.15) is 0 Å². The number of hydrogen-bond acceptors (Lipinski definition) is 4. The fourth-order valence-electron chi connectivity index (χ4n) is 1.58. The van der Waals surface area contributed by atoms with Gasteiger partial charge in [-0.1, -0.05) is 0 Å². The Bertz CT molecular complexity index is 443. The van der Waals surface area contributed by atoms with Gasteiger partial charge in [-0.3, -0.25) is 0 Å². The molecule has 0 aromatic rings. The first-order chi connectivity index (χ1) is 8.51. The number of nitrogens with one attached hydrogen (secondary N) is 1.